The first kappa shape index (κ1) is 20.2. The van der Waals surface area contributed by atoms with E-state index in [1.54, 1.807) is 20.2 Å². The van der Waals surface area contributed by atoms with Crippen molar-refractivity contribution in [3.63, 3.8) is 0 Å². The third-order valence-electron chi connectivity index (χ3n) is 5.40. The van der Waals surface area contributed by atoms with Gasteiger partial charge in [-0.3, -0.25) is 9.78 Å². The van der Waals surface area contributed by atoms with E-state index in [1.165, 1.54) is 0 Å². The number of carbonyl (C=O) groups is 1. The standard InChI is InChI=1S/C21H27N7O2/c1-14(2)28-13-25-17-11-24-16(10-18(17)28)9-15-5-6-23-20(26-15)27-7-8-30-21(3,12-27)19(29)22-4/h5-6,10-11,13-14H,7-9,12H2,1-4H3,(H,22,29). The van der Waals surface area contributed by atoms with Gasteiger partial charge in [-0.25, -0.2) is 15.0 Å². The predicted octanol–water partition coefficient (Wildman–Crippen LogP) is 1.73. The number of pyridine rings is 1. The van der Waals surface area contributed by atoms with Gasteiger partial charge in [0, 0.05) is 37.9 Å². The Balaban J connectivity index is 1.56. The molecule has 1 fully saturated rings. The van der Waals surface area contributed by atoms with E-state index in [9.17, 15) is 4.79 Å². The van der Waals surface area contributed by atoms with Crippen LogP contribution in [0.25, 0.3) is 11.0 Å². The maximum absolute atomic E-state index is 12.2. The van der Waals surface area contributed by atoms with Crippen LogP contribution in [0.15, 0.2) is 30.9 Å². The first-order valence-electron chi connectivity index (χ1n) is 10.1. The summed E-state index contributed by atoms with van der Waals surface area (Å²) >= 11 is 0. The number of likely N-dealkylation sites (N-methyl/N-ethyl adjacent to an activating group) is 1. The molecule has 1 aliphatic rings. The zero-order chi connectivity index (χ0) is 21.3. The Morgan fingerprint density at radius 2 is 2.13 bits per heavy atom. The lowest BCUT2D eigenvalue weighted by molar-refractivity contribution is -0.145. The van der Waals surface area contributed by atoms with Crippen LogP contribution in [0.5, 0.6) is 0 Å². The summed E-state index contributed by atoms with van der Waals surface area (Å²) in [6, 6.07) is 4.29. The smallest absolute Gasteiger partial charge is 0.253 e. The number of hydrogen-bond donors (Lipinski definition) is 1. The lowest BCUT2D eigenvalue weighted by Gasteiger charge is -2.39. The van der Waals surface area contributed by atoms with Gasteiger partial charge >= 0.3 is 0 Å². The van der Waals surface area contributed by atoms with Crippen molar-refractivity contribution in [3.8, 4) is 0 Å². The molecule has 0 radical (unpaired) electrons. The SMILES string of the molecule is CNC(=O)C1(C)CN(c2nccc(Cc3cc4c(cn3)ncn4C(C)C)n2)CCO1. The Hall–Kier alpha value is -3.07. The van der Waals surface area contributed by atoms with Crippen molar-refractivity contribution in [1.29, 1.82) is 0 Å². The molecule has 1 amide bonds. The molecule has 4 rings (SSSR count). The molecule has 1 N–H and O–H groups in total. The summed E-state index contributed by atoms with van der Waals surface area (Å²) < 4.78 is 7.87. The number of ether oxygens (including phenoxy) is 1. The van der Waals surface area contributed by atoms with Crippen LogP contribution >= 0.6 is 0 Å². The van der Waals surface area contributed by atoms with Crippen LogP contribution in [0.3, 0.4) is 0 Å². The highest BCUT2D eigenvalue weighted by molar-refractivity contribution is 5.85. The van der Waals surface area contributed by atoms with Crippen molar-refractivity contribution in [3.05, 3.63) is 42.2 Å². The average molecular weight is 409 g/mol. The topological polar surface area (TPSA) is 98.1 Å². The Morgan fingerprint density at radius 1 is 1.30 bits per heavy atom. The van der Waals surface area contributed by atoms with E-state index >= 15 is 0 Å². The quantitative estimate of drug-likeness (QED) is 0.685. The van der Waals surface area contributed by atoms with Crippen molar-refractivity contribution >= 4 is 22.9 Å². The summed E-state index contributed by atoms with van der Waals surface area (Å²) in [6.45, 7) is 7.52. The number of imidazole rings is 1. The minimum Gasteiger partial charge on any atom is -0.362 e. The number of nitrogens with zero attached hydrogens (tertiary/aromatic N) is 6. The zero-order valence-corrected chi connectivity index (χ0v) is 17.8. The summed E-state index contributed by atoms with van der Waals surface area (Å²) in [5.74, 6) is 0.446. The summed E-state index contributed by atoms with van der Waals surface area (Å²) in [7, 11) is 1.61. The summed E-state index contributed by atoms with van der Waals surface area (Å²) in [4.78, 5) is 32.3. The van der Waals surface area contributed by atoms with Gasteiger partial charge in [-0.15, -0.1) is 0 Å². The van der Waals surface area contributed by atoms with Gasteiger partial charge in [0.15, 0.2) is 5.60 Å². The van der Waals surface area contributed by atoms with Crippen molar-refractivity contribution in [2.24, 2.45) is 0 Å². The molecule has 9 heteroatoms. The van der Waals surface area contributed by atoms with Crippen LogP contribution in [-0.4, -0.2) is 62.8 Å². The molecule has 158 valence electrons. The molecule has 1 aliphatic heterocycles. The van der Waals surface area contributed by atoms with Crippen LogP contribution in [0, 0.1) is 0 Å². The van der Waals surface area contributed by atoms with E-state index in [4.69, 9.17) is 9.72 Å². The van der Waals surface area contributed by atoms with Gasteiger partial charge in [-0.1, -0.05) is 0 Å². The van der Waals surface area contributed by atoms with E-state index < -0.39 is 5.60 Å². The minimum absolute atomic E-state index is 0.150. The largest absolute Gasteiger partial charge is 0.362 e. The van der Waals surface area contributed by atoms with Crippen LogP contribution in [0.4, 0.5) is 5.95 Å². The first-order valence-corrected chi connectivity index (χ1v) is 10.1. The molecule has 1 unspecified atom stereocenters. The second kappa shape index (κ2) is 7.98. The molecule has 3 aromatic heterocycles. The predicted molar refractivity (Wildman–Crippen MR) is 113 cm³/mol. The molecule has 0 bridgehead atoms. The fourth-order valence-electron chi connectivity index (χ4n) is 3.74. The van der Waals surface area contributed by atoms with Crippen molar-refractivity contribution < 1.29 is 9.53 Å². The number of morpholine rings is 1. The van der Waals surface area contributed by atoms with Gasteiger partial charge < -0.3 is 19.5 Å². The molecule has 0 aromatic carbocycles. The average Bonchev–Trinajstić information content (AvgIpc) is 3.17. The maximum atomic E-state index is 12.2. The molecule has 1 atom stereocenters. The molecule has 0 saturated carbocycles. The van der Waals surface area contributed by atoms with Gasteiger partial charge in [0.1, 0.15) is 5.52 Å². The van der Waals surface area contributed by atoms with E-state index in [0.717, 1.165) is 22.4 Å². The van der Waals surface area contributed by atoms with E-state index in [2.05, 4.69) is 44.7 Å². The fourth-order valence-corrected chi connectivity index (χ4v) is 3.74. The van der Waals surface area contributed by atoms with E-state index in [-0.39, 0.29) is 5.91 Å². The van der Waals surface area contributed by atoms with Gasteiger partial charge in [-0.05, 0) is 32.9 Å². The number of carbonyl (C=O) groups excluding carboxylic acids is 1. The Labute approximate surface area is 175 Å². The molecule has 30 heavy (non-hydrogen) atoms. The first-order chi connectivity index (χ1) is 14.4. The summed E-state index contributed by atoms with van der Waals surface area (Å²) in [5, 5.41) is 2.67. The Kier molecular flexibility index (Phi) is 5.38. The fraction of sp³-hybridized carbons (Fsp3) is 0.476. The van der Waals surface area contributed by atoms with Gasteiger partial charge in [0.2, 0.25) is 5.95 Å². The highest BCUT2D eigenvalue weighted by atomic mass is 16.5. The third-order valence-corrected chi connectivity index (χ3v) is 5.40. The molecular weight excluding hydrogens is 382 g/mol. The number of fused-ring (bicyclic) bond motifs is 1. The normalized spacial score (nSPS) is 19.4. The lowest BCUT2D eigenvalue weighted by Crippen LogP contribution is -2.58. The van der Waals surface area contributed by atoms with Crippen molar-refractivity contribution in [2.75, 3.05) is 31.6 Å². The second-order valence-electron chi connectivity index (χ2n) is 8.01. The van der Waals surface area contributed by atoms with Gasteiger partial charge in [0.25, 0.3) is 5.91 Å². The number of hydrogen-bond acceptors (Lipinski definition) is 7. The number of anilines is 1. The molecule has 0 aliphatic carbocycles. The molecular formula is C21H27N7O2. The Morgan fingerprint density at radius 3 is 2.90 bits per heavy atom. The minimum atomic E-state index is -0.922. The van der Waals surface area contributed by atoms with Crippen LogP contribution in [0.1, 0.15) is 38.2 Å². The van der Waals surface area contributed by atoms with E-state index in [0.29, 0.717) is 38.1 Å². The molecule has 9 nitrogen and oxygen atoms in total. The number of rotatable bonds is 5. The second-order valence-corrected chi connectivity index (χ2v) is 8.01. The van der Waals surface area contributed by atoms with Crippen LogP contribution in [0.2, 0.25) is 0 Å². The van der Waals surface area contributed by atoms with E-state index in [1.807, 2.05) is 23.5 Å². The third kappa shape index (κ3) is 3.85. The summed E-state index contributed by atoms with van der Waals surface area (Å²) in [6.07, 6.45) is 6.00. The Bertz CT molecular complexity index is 1060. The zero-order valence-electron chi connectivity index (χ0n) is 17.8. The van der Waals surface area contributed by atoms with Crippen LogP contribution < -0.4 is 10.2 Å². The number of amides is 1. The molecule has 1 saturated heterocycles. The monoisotopic (exact) mass is 409 g/mol. The highest BCUT2D eigenvalue weighted by Gasteiger charge is 2.39. The maximum Gasteiger partial charge on any atom is 0.253 e. The molecule has 0 spiro atoms. The van der Waals surface area contributed by atoms with Gasteiger partial charge in [0.05, 0.1) is 36.9 Å². The molecule has 3 aromatic rings. The highest BCUT2D eigenvalue weighted by Crippen LogP contribution is 2.22. The van der Waals surface area contributed by atoms with Crippen LogP contribution in [-0.2, 0) is 16.0 Å². The summed E-state index contributed by atoms with van der Waals surface area (Å²) in [5.41, 5.74) is 2.83. The molecule has 4 heterocycles. The van der Waals surface area contributed by atoms with Crippen molar-refractivity contribution in [1.82, 2.24) is 29.8 Å². The van der Waals surface area contributed by atoms with Crippen molar-refractivity contribution in [2.45, 2.75) is 38.8 Å². The number of nitrogens with one attached hydrogen (secondary N) is 1. The lowest BCUT2D eigenvalue weighted by atomic mass is 10.0. The number of aromatic nitrogens is 5. The van der Waals surface area contributed by atoms with Gasteiger partial charge in [-0.2, -0.15) is 0 Å².